The smallest absolute Gasteiger partial charge is 0.301 e. The minimum atomic E-state index is -1.02. The van der Waals surface area contributed by atoms with Crippen LogP contribution in [0.3, 0.4) is 0 Å². The van der Waals surface area contributed by atoms with Gasteiger partial charge in [0.15, 0.2) is 15.8 Å². The van der Waals surface area contributed by atoms with E-state index >= 15 is 0 Å². The zero-order valence-corrected chi connectivity index (χ0v) is 26.3. The quantitative estimate of drug-likeness (QED) is 0.0587. The number of hydrogen-bond donors (Lipinski definition) is 1. The van der Waals surface area contributed by atoms with Gasteiger partial charge < -0.3 is 19.3 Å². The van der Waals surface area contributed by atoms with Crippen molar-refractivity contribution >= 4 is 45.7 Å². The van der Waals surface area contributed by atoms with Crippen molar-refractivity contribution in [2.75, 3.05) is 18.1 Å². The summed E-state index contributed by atoms with van der Waals surface area (Å²) in [7, 11) is 0. The van der Waals surface area contributed by atoms with Crippen molar-refractivity contribution in [2.24, 2.45) is 0 Å². The zero-order valence-electron chi connectivity index (χ0n) is 24.7. The number of ether oxygens (including phenoxy) is 3. The van der Waals surface area contributed by atoms with Crippen LogP contribution in [0.15, 0.2) is 107 Å². The van der Waals surface area contributed by atoms with E-state index in [4.69, 9.17) is 14.2 Å². The molecule has 47 heavy (non-hydrogen) atoms. The number of hydrogen-bond acceptors (Lipinski definition) is 10. The molecule has 0 saturated carbocycles. The number of benzene rings is 4. The number of fused-ring (bicyclic) bond motifs is 1. The number of carbonyl (C=O) groups excluding carboxylic acids is 2. The van der Waals surface area contributed by atoms with E-state index in [-0.39, 0.29) is 22.3 Å². The van der Waals surface area contributed by atoms with Gasteiger partial charge in [0.2, 0.25) is 5.13 Å². The largest absolute Gasteiger partial charge is 0.507 e. The van der Waals surface area contributed by atoms with Crippen LogP contribution in [0, 0.1) is 5.82 Å². The normalized spacial score (nSPS) is 16.8. The Morgan fingerprint density at radius 1 is 0.936 bits per heavy atom. The first-order valence-corrected chi connectivity index (χ1v) is 16.4. The van der Waals surface area contributed by atoms with Crippen LogP contribution >= 0.6 is 23.1 Å². The molecule has 1 fully saturated rings. The highest BCUT2D eigenvalue weighted by Gasteiger charge is 2.48. The highest BCUT2D eigenvalue weighted by Crippen LogP contribution is 2.45. The third-order valence-corrected chi connectivity index (χ3v) is 9.72. The van der Waals surface area contributed by atoms with Gasteiger partial charge in [-0.3, -0.25) is 14.5 Å². The van der Waals surface area contributed by atoms with Gasteiger partial charge in [0, 0.05) is 11.3 Å². The number of halogens is 1. The fourth-order valence-electron chi connectivity index (χ4n) is 5.29. The fourth-order valence-corrected chi connectivity index (χ4v) is 7.15. The second-order valence-electron chi connectivity index (χ2n) is 10.6. The van der Waals surface area contributed by atoms with Crippen LogP contribution in [0.1, 0.15) is 28.3 Å². The lowest BCUT2D eigenvalue weighted by Gasteiger charge is -2.23. The molecule has 0 spiro atoms. The van der Waals surface area contributed by atoms with Crippen molar-refractivity contribution < 1.29 is 33.3 Å². The summed E-state index contributed by atoms with van der Waals surface area (Å²) >= 11 is 2.37. The second-order valence-corrected chi connectivity index (χ2v) is 12.8. The summed E-state index contributed by atoms with van der Waals surface area (Å²) in [5.41, 5.74) is 2.23. The van der Waals surface area contributed by atoms with E-state index in [0.717, 1.165) is 16.9 Å². The van der Waals surface area contributed by atoms with Crippen LogP contribution in [0.25, 0.3) is 5.76 Å². The van der Waals surface area contributed by atoms with Crippen LogP contribution in [0.5, 0.6) is 17.2 Å². The molecule has 3 heterocycles. The minimum absolute atomic E-state index is 0.111. The molecular formula is C35H26FN3O6S2. The van der Waals surface area contributed by atoms with E-state index in [1.165, 1.54) is 22.7 Å². The summed E-state index contributed by atoms with van der Waals surface area (Å²) in [6.45, 7) is 1.10. The summed E-state index contributed by atoms with van der Waals surface area (Å²) in [6, 6.07) is 27.0. The van der Waals surface area contributed by atoms with Crippen LogP contribution < -0.4 is 19.1 Å². The van der Waals surface area contributed by atoms with E-state index in [2.05, 4.69) is 10.2 Å². The molecule has 1 atom stereocenters. The van der Waals surface area contributed by atoms with Gasteiger partial charge in [0.05, 0.1) is 11.6 Å². The van der Waals surface area contributed by atoms with Gasteiger partial charge in [-0.25, -0.2) is 4.39 Å². The number of amides is 1. The van der Waals surface area contributed by atoms with Gasteiger partial charge in [-0.1, -0.05) is 83.8 Å². The monoisotopic (exact) mass is 667 g/mol. The second kappa shape index (κ2) is 13.3. The number of aliphatic hydroxyl groups excluding tert-OH is 1. The van der Waals surface area contributed by atoms with E-state index < -0.39 is 17.7 Å². The molecule has 1 saturated heterocycles. The highest BCUT2D eigenvalue weighted by atomic mass is 32.2. The van der Waals surface area contributed by atoms with Gasteiger partial charge >= 0.3 is 5.91 Å². The van der Waals surface area contributed by atoms with E-state index in [1.54, 1.807) is 60.7 Å². The Hall–Kier alpha value is -5.20. The molecule has 5 aromatic rings. The van der Waals surface area contributed by atoms with Crippen molar-refractivity contribution in [3.8, 4) is 17.2 Å². The molecule has 7 rings (SSSR count). The standard InChI is InChI=1S/C35H26FN3O6S2/c36-26-9-5-4-8-24(26)20-46-35-38-37-34(47-35)39-30(22-10-13-25(14-11-22)45-19-21-6-2-1-3-7-21)29(32(41)33(39)42)31(40)23-12-15-27-28(18-23)44-17-16-43-27/h1-15,18,30,40H,16-17,19-20H2/b31-29+. The average molecular weight is 668 g/mol. The Labute approximate surface area is 277 Å². The van der Waals surface area contributed by atoms with Gasteiger partial charge in [0.1, 0.15) is 37.1 Å². The lowest BCUT2D eigenvalue weighted by atomic mass is 9.95. The molecule has 1 aromatic heterocycles. The SMILES string of the molecule is O=C1C(=O)N(c2nnc(SCc3ccccc3F)s2)C(c2ccc(OCc3ccccc3)cc2)/C1=C(\O)c1ccc2c(c1)OCCO2. The van der Waals surface area contributed by atoms with Crippen molar-refractivity contribution in [3.63, 3.8) is 0 Å². The maximum Gasteiger partial charge on any atom is 0.301 e. The number of aromatic nitrogens is 2. The lowest BCUT2D eigenvalue weighted by molar-refractivity contribution is -0.132. The van der Waals surface area contributed by atoms with Crippen LogP contribution in [-0.2, 0) is 21.9 Å². The third kappa shape index (κ3) is 6.29. The molecule has 12 heteroatoms. The number of ketones is 1. The van der Waals surface area contributed by atoms with Crippen LogP contribution in [0.2, 0.25) is 0 Å². The van der Waals surface area contributed by atoms with E-state index in [9.17, 15) is 19.1 Å². The Morgan fingerprint density at radius 3 is 2.47 bits per heavy atom. The number of nitrogens with zero attached hydrogens (tertiary/aromatic N) is 3. The Morgan fingerprint density at radius 2 is 1.68 bits per heavy atom. The Kier molecular flexibility index (Phi) is 8.60. The first kappa shape index (κ1) is 30.5. The van der Waals surface area contributed by atoms with Crippen LogP contribution in [0.4, 0.5) is 9.52 Å². The molecule has 2 aliphatic heterocycles. The van der Waals surface area contributed by atoms with E-state index in [0.29, 0.717) is 63.9 Å². The van der Waals surface area contributed by atoms with Crippen LogP contribution in [-0.4, -0.2) is 40.2 Å². The summed E-state index contributed by atoms with van der Waals surface area (Å²) in [5.74, 6) is -0.594. The molecule has 9 nitrogen and oxygen atoms in total. The molecule has 4 aromatic carbocycles. The molecule has 1 unspecified atom stereocenters. The number of carbonyl (C=O) groups is 2. The van der Waals surface area contributed by atoms with Gasteiger partial charge in [-0.2, -0.15) is 0 Å². The number of rotatable bonds is 9. The molecule has 2 aliphatic rings. The lowest BCUT2D eigenvalue weighted by Crippen LogP contribution is -2.29. The van der Waals surface area contributed by atoms with Gasteiger partial charge in [0.25, 0.3) is 5.78 Å². The molecule has 236 valence electrons. The topological polar surface area (TPSA) is 111 Å². The first-order valence-electron chi connectivity index (χ1n) is 14.6. The Bertz CT molecular complexity index is 1980. The predicted octanol–water partition coefficient (Wildman–Crippen LogP) is 6.95. The summed E-state index contributed by atoms with van der Waals surface area (Å²) in [5, 5.41) is 20.2. The maximum absolute atomic E-state index is 14.2. The number of anilines is 1. The number of Topliss-reactive ketones (excluding diaryl/α,β-unsaturated/α-hetero) is 1. The maximum atomic E-state index is 14.2. The average Bonchev–Trinajstić information content (AvgIpc) is 3.68. The fraction of sp³-hybridized carbons (Fsp3) is 0.143. The molecule has 0 aliphatic carbocycles. The van der Waals surface area contributed by atoms with Crippen molar-refractivity contribution in [1.29, 1.82) is 0 Å². The molecule has 0 bridgehead atoms. The number of thioether (sulfide) groups is 1. The number of aliphatic hydroxyl groups is 1. The van der Waals surface area contributed by atoms with Crippen molar-refractivity contribution in [1.82, 2.24) is 10.2 Å². The molecule has 1 amide bonds. The molecular weight excluding hydrogens is 642 g/mol. The molecule has 0 radical (unpaired) electrons. The minimum Gasteiger partial charge on any atom is -0.507 e. The highest BCUT2D eigenvalue weighted by molar-refractivity contribution is 8.00. The third-order valence-electron chi connectivity index (χ3n) is 7.62. The summed E-state index contributed by atoms with van der Waals surface area (Å²) in [4.78, 5) is 28.6. The summed E-state index contributed by atoms with van der Waals surface area (Å²) in [6.07, 6.45) is 0. The van der Waals surface area contributed by atoms with E-state index in [1.807, 2.05) is 30.3 Å². The van der Waals surface area contributed by atoms with Gasteiger partial charge in [-0.15, -0.1) is 10.2 Å². The summed E-state index contributed by atoms with van der Waals surface area (Å²) < 4.78 is 31.9. The zero-order chi connectivity index (χ0) is 32.3. The Balaban J connectivity index is 1.23. The van der Waals surface area contributed by atoms with Crippen molar-refractivity contribution in [3.05, 3.63) is 131 Å². The van der Waals surface area contributed by atoms with Crippen molar-refractivity contribution in [2.45, 2.75) is 22.7 Å². The predicted molar refractivity (Wildman–Crippen MR) is 175 cm³/mol. The van der Waals surface area contributed by atoms with Gasteiger partial charge in [-0.05, 0) is 53.1 Å². The first-order chi connectivity index (χ1) is 23.0. The molecule has 1 N–H and O–H groups in total.